The SMILES string of the molecule is C[C@H]1[C@H](C)CC[C@]2(C(=O)O)CC[C@]3(C)C(=CC[C@@H]4[C@@]5(C)C[C@@H](O)C(O)(O)C(C)(C)[C@H]5CC[C@]43C)[C@H]12. The lowest BCUT2D eigenvalue weighted by Crippen LogP contribution is -2.71. The molecule has 35 heavy (non-hydrogen) atoms. The minimum Gasteiger partial charge on any atom is -0.481 e. The molecule has 5 aliphatic carbocycles. The van der Waals surface area contributed by atoms with Crippen molar-refractivity contribution in [1.82, 2.24) is 0 Å². The minimum atomic E-state index is -2.09. The van der Waals surface area contributed by atoms with Gasteiger partial charge in [-0.15, -0.1) is 0 Å². The van der Waals surface area contributed by atoms with Crippen molar-refractivity contribution < 1.29 is 25.2 Å². The first-order valence-corrected chi connectivity index (χ1v) is 14.1. The molecule has 0 aromatic rings. The largest absolute Gasteiger partial charge is 0.481 e. The van der Waals surface area contributed by atoms with Gasteiger partial charge in [0.15, 0.2) is 5.79 Å². The molecule has 5 aliphatic rings. The fourth-order valence-corrected chi connectivity index (χ4v) is 10.9. The first-order chi connectivity index (χ1) is 16.0. The van der Waals surface area contributed by atoms with Crippen LogP contribution in [-0.4, -0.2) is 38.3 Å². The van der Waals surface area contributed by atoms with Crippen molar-refractivity contribution in [3.05, 3.63) is 11.6 Å². The van der Waals surface area contributed by atoms with Crippen molar-refractivity contribution in [2.24, 2.45) is 56.7 Å². The van der Waals surface area contributed by atoms with Gasteiger partial charge in [0.2, 0.25) is 0 Å². The predicted molar refractivity (Wildman–Crippen MR) is 135 cm³/mol. The molecule has 4 fully saturated rings. The van der Waals surface area contributed by atoms with Gasteiger partial charge in [-0.3, -0.25) is 4.79 Å². The van der Waals surface area contributed by atoms with Gasteiger partial charge in [0.25, 0.3) is 0 Å². The first-order valence-electron chi connectivity index (χ1n) is 14.1. The molecular formula is C30H48O5. The maximum atomic E-state index is 12.8. The topological polar surface area (TPSA) is 98.0 Å². The summed E-state index contributed by atoms with van der Waals surface area (Å²) in [5, 5.41) is 43.4. The molecule has 0 aromatic carbocycles. The Bertz CT molecular complexity index is 952. The van der Waals surface area contributed by atoms with Gasteiger partial charge in [0, 0.05) is 5.41 Å². The Balaban J connectivity index is 1.62. The Morgan fingerprint density at radius 3 is 2.23 bits per heavy atom. The zero-order valence-corrected chi connectivity index (χ0v) is 22.9. The number of carbonyl (C=O) groups is 1. The third-order valence-corrected chi connectivity index (χ3v) is 13.6. The monoisotopic (exact) mass is 488 g/mol. The van der Waals surface area contributed by atoms with Crippen molar-refractivity contribution in [2.75, 3.05) is 0 Å². The predicted octanol–water partition coefficient (Wildman–Crippen LogP) is 5.38. The second kappa shape index (κ2) is 7.35. The second-order valence-electron chi connectivity index (χ2n) is 14.8. The smallest absolute Gasteiger partial charge is 0.310 e. The van der Waals surface area contributed by atoms with E-state index in [2.05, 4.69) is 40.7 Å². The maximum Gasteiger partial charge on any atom is 0.310 e. The van der Waals surface area contributed by atoms with Crippen LogP contribution in [0.1, 0.15) is 99.8 Å². The Hall–Kier alpha value is -0.910. The molecule has 0 bridgehead atoms. The number of rotatable bonds is 1. The Morgan fingerprint density at radius 2 is 1.60 bits per heavy atom. The number of carboxylic acids is 1. The van der Waals surface area contributed by atoms with Gasteiger partial charge in [-0.25, -0.2) is 0 Å². The van der Waals surface area contributed by atoms with Gasteiger partial charge in [0.05, 0.1) is 5.41 Å². The van der Waals surface area contributed by atoms with Crippen molar-refractivity contribution >= 4 is 5.97 Å². The average molecular weight is 489 g/mol. The third-order valence-electron chi connectivity index (χ3n) is 13.6. The molecule has 5 heteroatoms. The lowest BCUT2D eigenvalue weighted by Gasteiger charge is -2.72. The highest BCUT2D eigenvalue weighted by molar-refractivity contribution is 5.76. The molecule has 0 heterocycles. The summed E-state index contributed by atoms with van der Waals surface area (Å²) in [5.74, 6) is -1.34. The van der Waals surface area contributed by atoms with Crippen LogP contribution in [0.25, 0.3) is 0 Å². The van der Waals surface area contributed by atoms with Crippen LogP contribution in [-0.2, 0) is 4.79 Å². The van der Waals surface area contributed by atoms with E-state index < -0.39 is 28.7 Å². The van der Waals surface area contributed by atoms with Crippen molar-refractivity contribution in [3.8, 4) is 0 Å². The molecule has 198 valence electrons. The number of aliphatic carboxylic acids is 1. The van der Waals surface area contributed by atoms with E-state index in [4.69, 9.17) is 0 Å². The van der Waals surface area contributed by atoms with E-state index in [9.17, 15) is 25.2 Å². The maximum absolute atomic E-state index is 12.8. The summed E-state index contributed by atoms with van der Waals surface area (Å²) in [7, 11) is 0. The number of hydrogen-bond donors (Lipinski definition) is 4. The van der Waals surface area contributed by atoms with E-state index in [1.807, 2.05) is 13.8 Å². The lowest BCUT2D eigenvalue weighted by molar-refractivity contribution is -0.351. The molecule has 0 spiro atoms. The summed E-state index contributed by atoms with van der Waals surface area (Å²) < 4.78 is 0. The first kappa shape index (κ1) is 25.7. The van der Waals surface area contributed by atoms with Crippen molar-refractivity contribution in [1.29, 1.82) is 0 Å². The number of allylic oxidation sites excluding steroid dienone is 2. The molecule has 0 unspecified atom stereocenters. The molecule has 4 N–H and O–H groups in total. The van der Waals surface area contributed by atoms with Gasteiger partial charge >= 0.3 is 5.97 Å². The Kier molecular flexibility index (Phi) is 5.40. The number of aliphatic hydroxyl groups excluding tert-OH is 1. The zero-order valence-electron chi connectivity index (χ0n) is 22.9. The van der Waals surface area contributed by atoms with E-state index in [-0.39, 0.29) is 28.1 Å². The molecule has 5 nitrogen and oxygen atoms in total. The highest BCUT2D eigenvalue weighted by Crippen LogP contribution is 2.76. The van der Waals surface area contributed by atoms with Crippen LogP contribution in [0.5, 0.6) is 0 Å². The summed E-state index contributed by atoms with van der Waals surface area (Å²) >= 11 is 0. The minimum absolute atomic E-state index is 0.0197. The van der Waals surface area contributed by atoms with Crippen LogP contribution in [0, 0.1) is 56.7 Å². The Morgan fingerprint density at radius 1 is 0.943 bits per heavy atom. The summed E-state index contributed by atoms with van der Waals surface area (Å²) in [4.78, 5) is 12.8. The van der Waals surface area contributed by atoms with Crippen molar-refractivity contribution in [3.63, 3.8) is 0 Å². The van der Waals surface area contributed by atoms with Crippen LogP contribution >= 0.6 is 0 Å². The zero-order chi connectivity index (χ0) is 26.0. The molecular weight excluding hydrogens is 440 g/mol. The van der Waals surface area contributed by atoms with Crippen LogP contribution in [0.15, 0.2) is 11.6 Å². The molecule has 0 radical (unpaired) electrons. The Labute approximate surface area is 211 Å². The third kappa shape index (κ3) is 2.84. The summed E-state index contributed by atoms with van der Waals surface area (Å²) in [5.41, 5.74) is -0.375. The van der Waals surface area contributed by atoms with Crippen LogP contribution in [0.4, 0.5) is 0 Å². The number of hydrogen-bond acceptors (Lipinski definition) is 4. The van der Waals surface area contributed by atoms with Gasteiger partial charge in [-0.05, 0) is 97.2 Å². The van der Waals surface area contributed by atoms with Crippen LogP contribution in [0.2, 0.25) is 0 Å². The van der Waals surface area contributed by atoms with Crippen LogP contribution < -0.4 is 0 Å². The number of carboxylic acid groups (broad SMARTS) is 1. The molecule has 0 aromatic heterocycles. The quantitative estimate of drug-likeness (QED) is 0.293. The molecule has 5 rings (SSSR count). The van der Waals surface area contributed by atoms with E-state index >= 15 is 0 Å². The number of aliphatic hydroxyl groups is 3. The molecule has 0 saturated heterocycles. The fraction of sp³-hybridized carbons (Fsp3) is 0.900. The summed E-state index contributed by atoms with van der Waals surface area (Å²) in [6.45, 7) is 15.6. The molecule has 0 amide bonds. The normalized spacial score (nSPS) is 54.4. The molecule has 0 aliphatic heterocycles. The summed E-state index contributed by atoms with van der Waals surface area (Å²) in [6.07, 6.45) is 7.83. The van der Waals surface area contributed by atoms with Crippen LogP contribution in [0.3, 0.4) is 0 Å². The van der Waals surface area contributed by atoms with E-state index in [0.29, 0.717) is 24.2 Å². The molecule has 4 saturated carbocycles. The van der Waals surface area contributed by atoms with E-state index in [1.54, 1.807) is 0 Å². The van der Waals surface area contributed by atoms with Gasteiger partial charge in [-0.1, -0.05) is 60.1 Å². The standard InChI is InChI=1S/C30H48O5/c1-17-10-13-29(24(32)33)15-14-27(6)19(23(29)18(17)2)8-9-21-26(5)16-22(31)30(34,35)25(3,4)20(26)11-12-28(21,27)7/h8,17-18,20-23,31,34-35H,9-16H2,1-7H3,(H,32,33)/t17-,18+,20-,21-,22-,23+,26+,27-,28-,29+/m1/s1. The van der Waals surface area contributed by atoms with Crippen molar-refractivity contribution in [2.45, 2.75) is 112 Å². The van der Waals surface area contributed by atoms with Gasteiger partial charge in [0.1, 0.15) is 6.10 Å². The lowest BCUT2D eigenvalue weighted by atomic mass is 9.33. The van der Waals surface area contributed by atoms with Gasteiger partial charge < -0.3 is 20.4 Å². The number of fused-ring (bicyclic) bond motifs is 7. The fourth-order valence-electron chi connectivity index (χ4n) is 10.9. The average Bonchev–Trinajstić information content (AvgIpc) is 2.75. The van der Waals surface area contributed by atoms with Gasteiger partial charge in [-0.2, -0.15) is 0 Å². The second-order valence-corrected chi connectivity index (χ2v) is 14.8. The summed E-state index contributed by atoms with van der Waals surface area (Å²) in [6, 6.07) is 0. The molecule has 10 atom stereocenters. The highest BCUT2D eigenvalue weighted by atomic mass is 16.5. The van der Waals surface area contributed by atoms with E-state index in [0.717, 1.165) is 44.9 Å². The highest BCUT2D eigenvalue weighted by Gasteiger charge is 2.72. The van der Waals surface area contributed by atoms with E-state index in [1.165, 1.54) is 5.57 Å².